The van der Waals surface area contributed by atoms with Crippen molar-refractivity contribution < 1.29 is 14.7 Å². The SMILES string of the molecule is CC(C)c1nn(C)c(Cl)c1C(=O)N1CCC[C@H](CCC(=O)O)C1. The summed E-state index contributed by atoms with van der Waals surface area (Å²) in [5.41, 5.74) is 1.21. The summed E-state index contributed by atoms with van der Waals surface area (Å²) in [6, 6.07) is 0. The summed E-state index contributed by atoms with van der Waals surface area (Å²) in [6.45, 7) is 5.25. The van der Waals surface area contributed by atoms with E-state index in [4.69, 9.17) is 16.7 Å². The van der Waals surface area contributed by atoms with Crippen molar-refractivity contribution in [3.05, 3.63) is 16.4 Å². The minimum Gasteiger partial charge on any atom is -0.481 e. The van der Waals surface area contributed by atoms with E-state index in [0.717, 1.165) is 18.5 Å². The van der Waals surface area contributed by atoms with Crippen molar-refractivity contribution in [2.45, 2.75) is 45.4 Å². The number of amides is 1. The molecule has 0 radical (unpaired) electrons. The molecule has 0 spiro atoms. The van der Waals surface area contributed by atoms with Crippen LogP contribution in [0.15, 0.2) is 0 Å². The van der Waals surface area contributed by atoms with Crippen LogP contribution in [0.2, 0.25) is 5.15 Å². The number of piperidine rings is 1. The molecule has 1 amide bonds. The number of hydrogen-bond acceptors (Lipinski definition) is 3. The third kappa shape index (κ3) is 4.05. The van der Waals surface area contributed by atoms with Crippen molar-refractivity contribution in [2.75, 3.05) is 13.1 Å². The number of nitrogens with zero attached hydrogens (tertiary/aromatic N) is 3. The third-order valence-electron chi connectivity index (χ3n) is 4.34. The van der Waals surface area contributed by atoms with Gasteiger partial charge in [-0.05, 0) is 31.1 Å². The van der Waals surface area contributed by atoms with Crippen LogP contribution >= 0.6 is 11.6 Å². The van der Waals surface area contributed by atoms with Gasteiger partial charge in [0.05, 0.1) is 11.3 Å². The van der Waals surface area contributed by atoms with Crippen LogP contribution in [-0.2, 0) is 11.8 Å². The molecule has 1 atom stereocenters. The van der Waals surface area contributed by atoms with E-state index in [2.05, 4.69) is 5.10 Å². The molecular weight excluding hydrogens is 318 g/mol. The molecule has 1 aromatic rings. The highest BCUT2D eigenvalue weighted by molar-refractivity contribution is 6.33. The first-order valence-electron chi connectivity index (χ1n) is 8.04. The molecule has 0 saturated carbocycles. The zero-order valence-corrected chi connectivity index (χ0v) is 14.6. The maximum absolute atomic E-state index is 12.9. The monoisotopic (exact) mass is 341 g/mol. The second-order valence-electron chi connectivity index (χ2n) is 6.52. The fourth-order valence-corrected chi connectivity index (χ4v) is 3.31. The van der Waals surface area contributed by atoms with E-state index in [0.29, 0.717) is 30.2 Å². The molecule has 1 aliphatic rings. The van der Waals surface area contributed by atoms with Crippen LogP contribution in [0, 0.1) is 5.92 Å². The number of carboxylic acids is 1. The fourth-order valence-electron chi connectivity index (χ4n) is 3.10. The molecule has 1 fully saturated rings. The Kier molecular flexibility index (Phi) is 5.68. The molecule has 23 heavy (non-hydrogen) atoms. The number of carbonyl (C=O) groups excluding carboxylic acids is 1. The number of carboxylic acid groups (broad SMARTS) is 1. The predicted octanol–water partition coefficient (Wildman–Crippen LogP) is 2.91. The first kappa shape index (κ1) is 17.8. The Morgan fingerprint density at radius 2 is 2.13 bits per heavy atom. The minimum absolute atomic E-state index is 0.0909. The summed E-state index contributed by atoms with van der Waals surface area (Å²) in [6.07, 6.45) is 2.62. The van der Waals surface area contributed by atoms with Crippen molar-refractivity contribution in [1.82, 2.24) is 14.7 Å². The summed E-state index contributed by atoms with van der Waals surface area (Å²) in [7, 11) is 1.73. The van der Waals surface area contributed by atoms with Gasteiger partial charge < -0.3 is 10.0 Å². The first-order chi connectivity index (χ1) is 10.8. The van der Waals surface area contributed by atoms with E-state index in [1.807, 2.05) is 13.8 Å². The predicted molar refractivity (Wildman–Crippen MR) is 87.8 cm³/mol. The minimum atomic E-state index is -0.786. The first-order valence-corrected chi connectivity index (χ1v) is 8.42. The molecule has 1 aromatic heterocycles. The molecule has 7 heteroatoms. The molecule has 0 aliphatic carbocycles. The Hall–Kier alpha value is -1.56. The van der Waals surface area contributed by atoms with Gasteiger partial charge in [0, 0.05) is 26.6 Å². The van der Waals surface area contributed by atoms with Crippen LogP contribution < -0.4 is 0 Å². The molecule has 2 rings (SSSR count). The van der Waals surface area contributed by atoms with E-state index in [9.17, 15) is 9.59 Å². The van der Waals surface area contributed by atoms with Crippen molar-refractivity contribution in [3.63, 3.8) is 0 Å². The summed E-state index contributed by atoms with van der Waals surface area (Å²) in [5, 5.41) is 13.6. The number of rotatable bonds is 5. The van der Waals surface area contributed by atoms with Crippen molar-refractivity contribution in [3.8, 4) is 0 Å². The van der Waals surface area contributed by atoms with Crippen LogP contribution in [-0.4, -0.2) is 44.8 Å². The average molecular weight is 342 g/mol. The van der Waals surface area contributed by atoms with Crippen LogP contribution in [0.25, 0.3) is 0 Å². The highest BCUT2D eigenvalue weighted by Crippen LogP contribution is 2.29. The fraction of sp³-hybridized carbons (Fsp3) is 0.688. The van der Waals surface area contributed by atoms with E-state index in [1.54, 1.807) is 11.9 Å². The van der Waals surface area contributed by atoms with Gasteiger partial charge in [-0.15, -0.1) is 0 Å². The summed E-state index contributed by atoms with van der Waals surface area (Å²) >= 11 is 6.29. The Morgan fingerprint density at radius 1 is 1.43 bits per heavy atom. The van der Waals surface area contributed by atoms with E-state index < -0.39 is 5.97 Å². The highest BCUT2D eigenvalue weighted by Gasteiger charge is 2.30. The van der Waals surface area contributed by atoms with Crippen LogP contribution in [0.4, 0.5) is 0 Å². The molecule has 2 heterocycles. The van der Waals surface area contributed by atoms with Gasteiger partial charge in [-0.2, -0.15) is 5.10 Å². The molecular formula is C16H24ClN3O3. The smallest absolute Gasteiger partial charge is 0.303 e. The van der Waals surface area contributed by atoms with Gasteiger partial charge in [0.1, 0.15) is 5.15 Å². The molecule has 1 aliphatic heterocycles. The molecule has 0 aromatic carbocycles. The lowest BCUT2D eigenvalue weighted by Crippen LogP contribution is -2.40. The Morgan fingerprint density at radius 3 is 2.74 bits per heavy atom. The van der Waals surface area contributed by atoms with Gasteiger partial charge >= 0.3 is 5.97 Å². The largest absolute Gasteiger partial charge is 0.481 e. The molecule has 1 saturated heterocycles. The Balaban J connectivity index is 2.15. The van der Waals surface area contributed by atoms with Gasteiger partial charge in [0.15, 0.2) is 0 Å². The third-order valence-corrected chi connectivity index (χ3v) is 4.77. The normalized spacial score (nSPS) is 18.5. The van der Waals surface area contributed by atoms with Gasteiger partial charge in [0.2, 0.25) is 0 Å². The molecule has 0 bridgehead atoms. The summed E-state index contributed by atoms with van der Waals surface area (Å²) in [5.74, 6) is -0.528. The van der Waals surface area contributed by atoms with Crippen molar-refractivity contribution >= 4 is 23.5 Å². The number of aliphatic carboxylic acids is 1. The van der Waals surface area contributed by atoms with Gasteiger partial charge in [0.25, 0.3) is 5.91 Å². The number of likely N-dealkylation sites (tertiary alicyclic amines) is 1. The van der Waals surface area contributed by atoms with Gasteiger partial charge in [-0.3, -0.25) is 14.3 Å². The lowest BCUT2D eigenvalue weighted by molar-refractivity contribution is -0.137. The van der Waals surface area contributed by atoms with Gasteiger partial charge in [-0.25, -0.2) is 0 Å². The summed E-state index contributed by atoms with van der Waals surface area (Å²) < 4.78 is 1.54. The van der Waals surface area contributed by atoms with Crippen LogP contribution in [0.5, 0.6) is 0 Å². The number of aromatic nitrogens is 2. The molecule has 0 unspecified atom stereocenters. The maximum Gasteiger partial charge on any atom is 0.303 e. The van der Waals surface area contributed by atoms with Crippen LogP contribution in [0.3, 0.4) is 0 Å². The van der Waals surface area contributed by atoms with E-state index in [-0.39, 0.29) is 24.2 Å². The highest BCUT2D eigenvalue weighted by atomic mass is 35.5. The van der Waals surface area contributed by atoms with E-state index >= 15 is 0 Å². The lowest BCUT2D eigenvalue weighted by Gasteiger charge is -2.32. The Bertz CT molecular complexity index is 598. The molecule has 6 nitrogen and oxygen atoms in total. The standard InChI is InChI=1S/C16H24ClN3O3/c1-10(2)14-13(15(17)19(3)18-14)16(23)20-8-4-5-11(9-20)6-7-12(21)22/h10-11H,4-9H2,1-3H3,(H,21,22)/t11-/m1/s1. The second kappa shape index (κ2) is 7.34. The topological polar surface area (TPSA) is 75.4 Å². The van der Waals surface area contributed by atoms with Crippen molar-refractivity contribution in [2.24, 2.45) is 13.0 Å². The average Bonchev–Trinajstić information content (AvgIpc) is 2.81. The number of aryl methyl sites for hydroxylation is 1. The Labute approximate surface area is 141 Å². The zero-order chi connectivity index (χ0) is 17.1. The number of hydrogen-bond donors (Lipinski definition) is 1. The maximum atomic E-state index is 12.9. The zero-order valence-electron chi connectivity index (χ0n) is 13.9. The van der Waals surface area contributed by atoms with E-state index in [1.165, 1.54) is 4.68 Å². The van der Waals surface area contributed by atoms with Gasteiger partial charge in [-0.1, -0.05) is 25.4 Å². The molecule has 128 valence electrons. The number of carbonyl (C=O) groups is 2. The molecule has 1 N–H and O–H groups in total. The van der Waals surface area contributed by atoms with Crippen molar-refractivity contribution in [1.29, 1.82) is 0 Å². The summed E-state index contributed by atoms with van der Waals surface area (Å²) in [4.78, 5) is 25.4. The second-order valence-corrected chi connectivity index (χ2v) is 6.88. The van der Waals surface area contributed by atoms with Crippen LogP contribution in [0.1, 0.15) is 61.5 Å². The lowest BCUT2D eigenvalue weighted by atomic mass is 9.92. The quantitative estimate of drug-likeness (QED) is 0.893. The number of halogens is 1.